The number of benzene rings is 2. The second-order valence-electron chi connectivity index (χ2n) is 8.62. The summed E-state index contributed by atoms with van der Waals surface area (Å²) in [5, 5.41) is 8.06. The second-order valence-corrected chi connectivity index (χ2v) is 9.57. The van der Waals surface area contributed by atoms with Crippen LogP contribution in [0.3, 0.4) is 0 Å². The predicted molar refractivity (Wildman–Crippen MR) is 133 cm³/mol. The number of hydrogen-bond acceptors (Lipinski definition) is 7. The van der Waals surface area contributed by atoms with E-state index in [-0.39, 0.29) is 24.5 Å². The lowest BCUT2D eigenvalue weighted by atomic mass is 9.96. The summed E-state index contributed by atoms with van der Waals surface area (Å²) in [5.74, 6) is 0.456. The van der Waals surface area contributed by atoms with Crippen molar-refractivity contribution in [3.8, 4) is 11.5 Å². The molecule has 8 heteroatoms. The molecule has 0 saturated heterocycles. The van der Waals surface area contributed by atoms with Crippen molar-refractivity contribution < 1.29 is 23.8 Å². The summed E-state index contributed by atoms with van der Waals surface area (Å²) in [7, 11) is 3.16. The molecular formula is C27H26N2O5S. The Morgan fingerprint density at radius 3 is 2.46 bits per heavy atom. The number of hydrogen-bond donors (Lipinski definition) is 0. The number of carbonyl (C=O) groups excluding carboxylic acids is 2. The zero-order valence-corrected chi connectivity index (χ0v) is 20.4. The van der Waals surface area contributed by atoms with Gasteiger partial charge in [-0.05, 0) is 47.5 Å². The fraction of sp³-hybridized carbons (Fsp3) is 0.296. The lowest BCUT2D eigenvalue weighted by molar-refractivity contribution is -0.155. The normalized spacial score (nSPS) is 18.1. The van der Waals surface area contributed by atoms with Gasteiger partial charge >= 0.3 is 5.97 Å². The van der Waals surface area contributed by atoms with Gasteiger partial charge in [0.2, 0.25) is 0 Å². The van der Waals surface area contributed by atoms with E-state index in [1.165, 1.54) is 5.01 Å². The van der Waals surface area contributed by atoms with Crippen LogP contribution in [0.4, 0.5) is 0 Å². The van der Waals surface area contributed by atoms with Crippen molar-refractivity contribution in [1.82, 2.24) is 5.01 Å². The third kappa shape index (κ3) is 4.41. The Bertz CT molecular complexity index is 1250. The summed E-state index contributed by atoms with van der Waals surface area (Å²) in [5.41, 5.74) is 1.98. The Balaban J connectivity index is 1.36. The Labute approximate surface area is 207 Å². The van der Waals surface area contributed by atoms with E-state index in [4.69, 9.17) is 14.2 Å². The quantitative estimate of drug-likeness (QED) is 0.427. The van der Waals surface area contributed by atoms with Crippen LogP contribution in [0.1, 0.15) is 41.3 Å². The molecule has 0 N–H and O–H groups in total. The summed E-state index contributed by atoms with van der Waals surface area (Å²) < 4.78 is 16.4. The molecule has 1 amide bonds. The number of carbonyl (C=O) groups is 2. The molecule has 1 atom stereocenters. The number of thiophene rings is 1. The molecule has 7 nitrogen and oxygen atoms in total. The molecule has 2 heterocycles. The molecule has 3 aromatic rings. The van der Waals surface area contributed by atoms with Gasteiger partial charge in [0.25, 0.3) is 5.91 Å². The van der Waals surface area contributed by atoms with Gasteiger partial charge in [-0.3, -0.25) is 9.59 Å². The Hall–Kier alpha value is -3.65. The number of hydrazone groups is 1. The summed E-state index contributed by atoms with van der Waals surface area (Å²) in [4.78, 5) is 27.2. The van der Waals surface area contributed by atoms with E-state index in [0.717, 1.165) is 34.6 Å². The van der Waals surface area contributed by atoms with Crippen LogP contribution in [0.15, 0.2) is 71.1 Å². The van der Waals surface area contributed by atoms with Gasteiger partial charge in [-0.2, -0.15) is 5.10 Å². The van der Waals surface area contributed by atoms with Crippen molar-refractivity contribution in [2.45, 2.75) is 30.7 Å². The van der Waals surface area contributed by atoms with Gasteiger partial charge in [0, 0.05) is 6.42 Å². The van der Waals surface area contributed by atoms with E-state index < -0.39 is 5.41 Å². The van der Waals surface area contributed by atoms with Gasteiger partial charge in [0.05, 0.1) is 36.3 Å². The molecule has 2 aliphatic rings. The van der Waals surface area contributed by atoms with E-state index in [1.807, 2.05) is 66.0 Å². The van der Waals surface area contributed by atoms with E-state index in [9.17, 15) is 9.59 Å². The average molecular weight is 491 g/mol. The minimum atomic E-state index is -0.638. The molecule has 180 valence electrons. The maximum atomic E-state index is 13.3. The van der Waals surface area contributed by atoms with Gasteiger partial charge in [-0.25, -0.2) is 5.01 Å². The van der Waals surface area contributed by atoms with Crippen LogP contribution >= 0.6 is 11.3 Å². The molecule has 0 spiro atoms. The molecule has 1 aromatic heterocycles. The summed E-state index contributed by atoms with van der Waals surface area (Å²) in [6.07, 6.45) is 2.00. The minimum absolute atomic E-state index is 0.345. The molecule has 1 unspecified atom stereocenters. The van der Waals surface area contributed by atoms with Gasteiger partial charge < -0.3 is 14.2 Å². The molecule has 1 aliphatic carbocycles. The van der Waals surface area contributed by atoms with Crippen LogP contribution in [0, 0.1) is 0 Å². The Morgan fingerprint density at radius 1 is 1.03 bits per heavy atom. The number of rotatable bonds is 8. The van der Waals surface area contributed by atoms with E-state index >= 15 is 0 Å². The molecule has 0 bridgehead atoms. The van der Waals surface area contributed by atoms with Gasteiger partial charge in [-0.15, -0.1) is 11.3 Å². The maximum Gasteiger partial charge on any atom is 0.317 e. The summed E-state index contributed by atoms with van der Waals surface area (Å²) in [6.45, 7) is -0.363. The van der Waals surface area contributed by atoms with Gasteiger partial charge in [0.1, 0.15) is 0 Å². The highest BCUT2D eigenvalue weighted by molar-refractivity contribution is 7.12. The van der Waals surface area contributed by atoms with Gasteiger partial charge in [0.15, 0.2) is 18.1 Å². The molecule has 0 radical (unpaired) electrons. The first-order valence-electron chi connectivity index (χ1n) is 11.4. The van der Waals surface area contributed by atoms with Crippen molar-refractivity contribution in [3.05, 3.63) is 82.0 Å². The molecule has 1 saturated carbocycles. The molecular weight excluding hydrogens is 464 g/mol. The monoisotopic (exact) mass is 490 g/mol. The van der Waals surface area contributed by atoms with Crippen molar-refractivity contribution in [1.29, 1.82) is 0 Å². The highest BCUT2D eigenvalue weighted by Crippen LogP contribution is 2.49. The fourth-order valence-electron chi connectivity index (χ4n) is 4.48. The molecule has 5 rings (SSSR count). The Kier molecular flexibility index (Phi) is 6.30. The number of nitrogens with zero attached hydrogens (tertiary/aromatic N) is 2. The first-order valence-corrected chi connectivity index (χ1v) is 12.3. The van der Waals surface area contributed by atoms with Crippen LogP contribution in [0.2, 0.25) is 0 Å². The van der Waals surface area contributed by atoms with Crippen molar-refractivity contribution in [2.24, 2.45) is 5.10 Å². The number of methoxy groups -OCH3 is 2. The molecule has 35 heavy (non-hydrogen) atoms. The number of amides is 1. The minimum Gasteiger partial charge on any atom is -0.493 e. The number of ether oxygens (including phenoxy) is 3. The third-order valence-electron chi connectivity index (χ3n) is 6.56. The smallest absolute Gasteiger partial charge is 0.317 e. The second kappa shape index (κ2) is 9.54. The van der Waals surface area contributed by atoms with Crippen molar-refractivity contribution >= 4 is 28.9 Å². The first kappa shape index (κ1) is 23.1. The standard InChI is InChI=1S/C27H26N2O5S/c1-32-22-11-10-18(15-23(22)33-2)21-16-20(24-9-6-14-35-24)28-29(21)25(30)17-34-26(31)27(12-13-27)19-7-4-3-5-8-19/h3-11,14-15,21H,12-13,16-17H2,1-2H3. The maximum absolute atomic E-state index is 13.3. The topological polar surface area (TPSA) is 77.4 Å². The SMILES string of the molecule is COc1ccc(C2CC(c3cccs3)=NN2C(=O)COC(=O)C2(c3ccccc3)CC2)cc1OC. The van der Waals surface area contributed by atoms with Crippen LogP contribution < -0.4 is 9.47 Å². The van der Waals surface area contributed by atoms with Crippen molar-refractivity contribution in [3.63, 3.8) is 0 Å². The molecule has 1 aliphatic heterocycles. The predicted octanol–water partition coefficient (Wildman–Crippen LogP) is 4.72. The van der Waals surface area contributed by atoms with E-state index in [2.05, 4.69) is 5.10 Å². The summed E-state index contributed by atoms with van der Waals surface area (Å²) >= 11 is 1.57. The molecule has 1 fully saturated rings. The average Bonchev–Trinajstić information content (AvgIpc) is 3.31. The number of esters is 1. The van der Waals surface area contributed by atoms with Crippen LogP contribution in [-0.4, -0.2) is 43.4 Å². The third-order valence-corrected chi connectivity index (χ3v) is 7.48. The van der Waals surface area contributed by atoms with Crippen molar-refractivity contribution in [2.75, 3.05) is 20.8 Å². The zero-order chi connectivity index (χ0) is 24.4. The lowest BCUT2D eigenvalue weighted by Gasteiger charge is -2.23. The Morgan fingerprint density at radius 2 is 1.80 bits per heavy atom. The summed E-state index contributed by atoms with van der Waals surface area (Å²) in [6, 6.07) is 18.8. The highest BCUT2D eigenvalue weighted by atomic mass is 32.1. The van der Waals surface area contributed by atoms with E-state index in [0.29, 0.717) is 17.9 Å². The molecule has 2 aromatic carbocycles. The van der Waals surface area contributed by atoms with E-state index in [1.54, 1.807) is 25.6 Å². The fourth-order valence-corrected chi connectivity index (χ4v) is 5.20. The highest BCUT2D eigenvalue weighted by Gasteiger charge is 2.53. The lowest BCUT2D eigenvalue weighted by Crippen LogP contribution is -2.33. The largest absolute Gasteiger partial charge is 0.493 e. The zero-order valence-electron chi connectivity index (χ0n) is 19.6. The van der Waals surface area contributed by atoms with Crippen LogP contribution in [0.25, 0.3) is 0 Å². The van der Waals surface area contributed by atoms with Gasteiger partial charge in [-0.1, -0.05) is 42.5 Å². The van der Waals surface area contributed by atoms with Crippen LogP contribution in [-0.2, 0) is 19.7 Å². The first-order chi connectivity index (χ1) is 17.1. The van der Waals surface area contributed by atoms with Crippen LogP contribution in [0.5, 0.6) is 11.5 Å².